The molecule has 1 amide bonds. The monoisotopic (exact) mass is 714 g/mol. The highest BCUT2D eigenvalue weighted by Gasteiger charge is 2.37. The molecule has 1 saturated heterocycles. The van der Waals surface area contributed by atoms with E-state index in [1.165, 1.54) is 38.3 Å². The van der Waals surface area contributed by atoms with Crippen molar-refractivity contribution in [3.63, 3.8) is 0 Å². The normalized spacial score (nSPS) is 14.9. The average Bonchev–Trinajstić information content (AvgIpc) is 3.40. The van der Waals surface area contributed by atoms with Crippen molar-refractivity contribution in [1.29, 1.82) is 0 Å². The number of fused-ring (bicyclic) bond motifs is 3. The summed E-state index contributed by atoms with van der Waals surface area (Å²) in [5.41, 5.74) is 2.36. The predicted molar refractivity (Wildman–Crippen MR) is 187 cm³/mol. The number of aromatic nitrogens is 3. The Morgan fingerprint density at radius 1 is 0.981 bits per heavy atom. The first kappa shape index (κ1) is 34.2. The van der Waals surface area contributed by atoms with Crippen LogP contribution in [0.5, 0.6) is 5.75 Å². The minimum Gasteiger partial charge on any atom is -0.483 e. The standard InChI is InChI=1S/C37H33F3N6O6/c1-43-31-21-41-29-10-5-23(24-6-12-32(51-2)42-20-24)18-27(29)34(31)46(35(43)49)25-7-11-30(28(19-25)37(38,39)40)44-13-15-45(16-14-44)36(50)52-26-8-3-22(4-9-26)17-33(47)48/h3-12,18-19,21,42H,13-17,20H2,1-2H3,(H,47,48). The first-order chi connectivity index (χ1) is 24.9. The Balaban J connectivity index is 1.18. The minimum atomic E-state index is -4.76. The van der Waals surface area contributed by atoms with Crippen LogP contribution in [0.25, 0.3) is 33.2 Å². The third-order valence-electron chi connectivity index (χ3n) is 9.27. The van der Waals surface area contributed by atoms with Gasteiger partial charge < -0.3 is 29.7 Å². The number of pyridine rings is 1. The summed E-state index contributed by atoms with van der Waals surface area (Å²) < 4.78 is 57.6. The number of ether oxygens (including phenoxy) is 2. The molecule has 2 aromatic heterocycles. The second-order valence-electron chi connectivity index (χ2n) is 12.4. The van der Waals surface area contributed by atoms with Gasteiger partial charge in [0.15, 0.2) is 5.88 Å². The fraction of sp³-hybridized carbons (Fsp3) is 0.243. The van der Waals surface area contributed by atoms with E-state index in [4.69, 9.17) is 14.6 Å². The number of nitrogens with one attached hydrogen (secondary N) is 1. The number of nitrogens with zero attached hydrogens (tertiary/aromatic N) is 5. The number of aliphatic carboxylic acids is 1. The fourth-order valence-electron chi connectivity index (χ4n) is 6.56. The number of benzene rings is 3. The number of rotatable bonds is 7. The Kier molecular flexibility index (Phi) is 8.86. The van der Waals surface area contributed by atoms with Crippen LogP contribution < -0.4 is 20.6 Å². The van der Waals surface area contributed by atoms with Gasteiger partial charge in [-0.1, -0.05) is 24.3 Å². The summed E-state index contributed by atoms with van der Waals surface area (Å²) in [7, 11) is 3.12. The van der Waals surface area contributed by atoms with E-state index in [1.807, 2.05) is 24.3 Å². The lowest BCUT2D eigenvalue weighted by molar-refractivity contribution is -0.137. The quantitative estimate of drug-likeness (QED) is 0.230. The number of amides is 1. The van der Waals surface area contributed by atoms with Crippen LogP contribution in [0.3, 0.4) is 0 Å². The van der Waals surface area contributed by atoms with Crippen molar-refractivity contribution in [3.8, 4) is 11.4 Å². The number of methoxy groups -OCH3 is 1. The summed E-state index contributed by atoms with van der Waals surface area (Å²) >= 11 is 0. The van der Waals surface area contributed by atoms with Gasteiger partial charge in [-0.3, -0.25) is 18.9 Å². The van der Waals surface area contributed by atoms with Gasteiger partial charge in [0.05, 0.1) is 47.5 Å². The van der Waals surface area contributed by atoms with E-state index in [2.05, 4.69) is 10.3 Å². The molecule has 2 N–H and O–H groups in total. The zero-order chi connectivity index (χ0) is 36.7. The molecule has 2 aliphatic heterocycles. The first-order valence-corrected chi connectivity index (χ1v) is 16.3. The maximum Gasteiger partial charge on any atom is 0.418 e. The number of anilines is 1. The Bertz CT molecular complexity index is 2340. The van der Waals surface area contributed by atoms with Gasteiger partial charge in [0, 0.05) is 50.8 Å². The van der Waals surface area contributed by atoms with Crippen LogP contribution in [0.4, 0.5) is 23.7 Å². The number of aryl methyl sites for hydroxylation is 1. The lowest BCUT2D eigenvalue weighted by Gasteiger charge is -2.36. The summed E-state index contributed by atoms with van der Waals surface area (Å²) in [5, 5.41) is 12.7. The number of carbonyl (C=O) groups excluding carboxylic acids is 1. The number of allylic oxidation sites excluding steroid dienone is 2. The van der Waals surface area contributed by atoms with E-state index in [1.54, 1.807) is 43.5 Å². The Morgan fingerprint density at radius 3 is 2.38 bits per heavy atom. The van der Waals surface area contributed by atoms with Crippen molar-refractivity contribution in [3.05, 3.63) is 112 Å². The molecule has 0 atom stereocenters. The first-order valence-electron chi connectivity index (χ1n) is 16.3. The second kappa shape index (κ2) is 13.5. The number of carbonyl (C=O) groups is 2. The minimum absolute atomic E-state index is 0.0485. The molecule has 0 bridgehead atoms. The second-order valence-corrected chi connectivity index (χ2v) is 12.4. The number of carboxylic acid groups (broad SMARTS) is 1. The Labute approximate surface area is 294 Å². The van der Waals surface area contributed by atoms with Gasteiger partial charge in [-0.25, -0.2) is 9.59 Å². The predicted octanol–water partition coefficient (Wildman–Crippen LogP) is 5.32. The van der Waals surface area contributed by atoms with Gasteiger partial charge in [-0.05, 0) is 65.2 Å². The topological polar surface area (TPSA) is 131 Å². The molecule has 0 unspecified atom stereocenters. The van der Waals surface area contributed by atoms with Crippen LogP contribution in [-0.4, -0.2) is 76.0 Å². The number of alkyl halides is 3. The van der Waals surface area contributed by atoms with Crippen LogP contribution in [-0.2, 0) is 29.2 Å². The van der Waals surface area contributed by atoms with Crippen LogP contribution in [0, 0.1) is 0 Å². The summed E-state index contributed by atoms with van der Waals surface area (Å²) in [6.07, 6.45) is -0.321. The highest BCUT2D eigenvalue weighted by Crippen LogP contribution is 2.39. The number of dihydropyridines is 1. The number of piperazine rings is 1. The molecule has 52 heavy (non-hydrogen) atoms. The lowest BCUT2D eigenvalue weighted by Crippen LogP contribution is -2.50. The molecule has 7 rings (SSSR count). The average molecular weight is 715 g/mol. The number of halogens is 3. The third-order valence-corrected chi connectivity index (χ3v) is 9.27. The summed E-state index contributed by atoms with van der Waals surface area (Å²) in [6.45, 7) is 0.912. The van der Waals surface area contributed by atoms with Crippen molar-refractivity contribution in [2.45, 2.75) is 12.6 Å². The van der Waals surface area contributed by atoms with Crippen LogP contribution in [0.2, 0.25) is 0 Å². The molecule has 0 saturated carbocycles. The number of imidazole rings is 1. The van der Waals surface area contributed by atoms with Crippen molar-refractivity contribution in [1.82, 2.24) is 24.3 Å². The zero-order valence-electron chi connectivity index (χ0n) is 28.1. The highest BCUT2D eigenvalue weighted by atomic mass is 19.4. The highest BCUT2D eigenvalue weighted by molar-refractivity contribution is 6.04. The molecule has 4 heterocycles. The maximum atomic E-state index is 14.8. The van der Waals surface area contributed by atoms with E-state index in [9.17, 15) is 27.6 Å². The summed E-state index contributed by atoms with van der Waals surface area (Å²) in [4.78, 5) is 45.0. The SMILES string of the molecule is COC1=CC=C(c2ccc3ncc4c(c3c2)n(-c2ccc(N3CCN(C(=O)Oc5ccc(CC(=O)O)cc5)CC3)c(C(F)(F)F)c2)c(=O)n4C)CN1. The molecule has 0 aliphatic carbocycles. The number of carboxylic acids is 1. The smallest absolute Gasteiger partial charge is 0.418 e. The van der Waals surface area contributed by atoms with Gasteiger partial charge >= 0.3 is 23.9 Å². The molecule has 3 aromatic carbocycles. The number of hydrogen-bond donors (Lipinski definition) is 2. The fourth-order valence-corrected chi connectivity index (χ4v) is 6.56. The van der Waals surface area contributed by atoms with Crippen molar-refractivity contribution >= 4 is 45.3 Å². The van der Waals surface area contributed by atoms with Crippen LogP contribution >= 0.6 is 0 Å². The van der Waals surface area contributed by atoms with Crippen molar-refractivity contribution in [2.75, 3.05) is 44.7 Å². The zero-order valence-corrected chi connectivity index (χ0v) is 28.1. The van der Waals surface area contributed by atoms with E-state index in [0.717, 1.165) is 17.2 Å². The van der Waals surface area contributed by atoms with Crippen molar-refractivity contribution < 1.29 is 37.3 Å². The van der Waals surface area contributed by atoms with Gasteiger partial charge in [-0.15, -0.1) is 0 Å². The largest absolute Gasteiger partial charge is 0.483 e. The Morgan fingerprint density at radius 2 is 1.73 bits per heavy atom. The van der Waals surface area contributed by atoms with Gasteiger partial charge in [0.1, 0.15) is 5.75 Å². The lowest BCUT2D eigenvalue weighted by atomic mass is 10.0. The van der Waals surface area contributed by atoms with Crippen LogP contribution in [0.1, 0.15) is 16.7 Å². The van der Waals surface area contributed by atoms with Crippen LogP contribution in [0.15, 0.2) is 89.7 Å². The molecular weight excluding hydrogens is 681 g/mol. The number of hydrogen-bond acceptors (Lipinski definition) is 8. The molecule has 0 radical (unpaired) electrons. The molecular formula is C37H33F3N6O6. The molecule has 5 aromatic rings. The summed E-state index contributed by atoms with van der Waals surface area (Å²) in [6, 6.07) is 15.5. The van der Waals surface area contributed by atoms with E-state index >= 15 is 0 Å². The molecule has 12 nitrogen and oxygen atoms in total. The van der Waals surface area contributed by atoms with Gasteiger partial charge in [0.2, 0.25) is 0 Å². The summed E-state index contributed by atoms with van der Waals surface area (Å²) in [5.74, 6) is -0.141. The van der Waals surface area contributed by atoms with Gasteiger partial charge in [0.25, 0.3) is 0 Å². The van der Waals surface area contributed by atoms with Crippen molar-refractivity contribution in [2.24, 2.45) is 7.05 Å². The molecule has 1 fully saturated rings. The molecule has 2 aliphatic rings. The Hall–Kier alpha value is -6.25. The maximum absolute atomic E-state index is 14.8. The van der Waals surface area contributed by atoms with Gasteiger partial charge in [-0.2, -0.15) is 13.2 Å². The van der Waals surface area contributed by atoms with E-state index < -0.39 is 29.5 Å². The molecule has 0 spiro atoms. The van der Waals surface area contributed by atoms with E-state index in [-0.39, 0.29) is 49.7 Å². The van der Waals surface area contributed by atoms with E-state index in [0.29, 0.717) is 39.9 Å². The molecule has 15 heteroatoms. The molecule has 268 valence electrons. The third kappa shape index (κ3) is 6.52.